The molecule has 1 rings (SSSR count). The maximum Gasteiger partial charge on any atom is 0.254 e. The van der Waals surface area contributed by atoms with Crippen molar-refractivity contribution in [2.75, 3.05) is 6.54 Å². The summed E-state index contributed by atoms with van der Waals surface area (Å²) in [5.74, 6) is -0.0149. The molecule has 0 aromatic heterocycles. The third-order valence-electron chi connectivity index (χ3n) is 3.08. The molecular weight excluding hydrogens is 238 g/mol. The number of aliphatic hydroxyl groups is 1. The van der Waals surface area contributed by atoms with Crippen molar-refractivity contribution >= 4 is 5.91 Å². The molecule has 106 valence electrons. The topological polar surface area (TPSA) is 40.5 Å². The SMILES string of the molecule is CCCc1ccc(C(=O)N(CC(C)O)C(C)C)cc1. The van der Waals surface area contributed by atoms with Crippen LogP contribution in [0.5, 0.6) is 0 Å². The van der Waals surface area contributed by atoms with E-state index in [9.17, 15) is 9.90 Å². The number of hydrogen-bond donors (Lipinski definition) is 1. The van der Waals surface area contributed by atoms with E-state index in [1.807, 2.05) is 38.1 Å². The largest absolute Gasteiger partial charge is 0.392 e. The fourth-order valence-corrected chi connectivity index (χ4v) is 2.08. The average Bonchev–Trinajstić information content (AvgIpc) is 2.36. The minimum atomic E-state index is -0.509. The zero-order chi connectivity index (χ0) is 14.4. The number of nitrogens with zero attached hydrogens (tertiary/aromatic N) is 1. The maximum absolute atomic E-state index is 12.4. The van der Waals surface area contributed by atoms with E-state index in [1.165, 1.54) is 5.56 Å². The summed E-state index contributed by atoms with van der Waals surface area (Å²) in [6.45, 7) is 8.14. The Labute approximate surface area is 116 Å². The number of hydrogen-bond acceptors (Lipinski definition) is 2. The van der Waals surface area contributed by atoms with Gasteiger partial charge in [0.2, 0.25) is 0 Å². The zero-order valence-corrected chi connectivity index (χ0v) is 12.4. The molecule has 0 aliphatic carbocycles. The van der Waals surface area contributed by atoms with Gasteiger partial charge >= 0.3 is 0 Å². The number of carbonyl (C=O) groups excluding carboxylic acids is 1. The molecule has 0 spiro atoms. The second kappa shape index (κ2) is 7.29. The van der Waals surface area contributed by atoms with Gasteiger partial charge in [-0.05, 0) is 44.9 Å². The van der Waals surface area contributed by atoms with Crippen LogP contribution in [0.1, 0.15) is 50.0 Å². The highest BCUT2D eigenvalue weighted by atomic mass is 16.3. The molecule has 1 aromatic rings. The van der Waals surface area contributed by atoms with E-state index in [-0.39, 0.29) is 11.9 Å². The van der Waals surface area contributed by atoms with Gasteiger partial charge in [0.25, 0.3) is 5.91 Å². The lowest BCUT2D eigenvalue weighted by atomic mass is 10.1. The summed E-state index contributed by atoms with van der Waals surface area (Å²) in [4.78, 5) is 14.1. The van der Waals surface area contributed by atoms with Gasteiger partial charge in [0.05, 0.1) is 6.10 Å². The highest BCUT2D eigenvalue weighted by Gasteiger charge is 2.19. The van der Waals surface area contributed by atoms with Crippen molar-refractivity contribution in [3.8, 4) is 0 Å². The van der Waals surface area contributed by atoms with Crippen LogP contribution >= 0.6 is 0 Å². The maximum atomic E-state index is 12.4. The van der Waals surface area contributed by atoms with Crippen LogP contribution in [0.15, 0.2) is 24.3 Å². The minimum Gasteiger partial charge on any atom is -0.392 e. The molecule has 1 unspecified atom stereocenters. The average molecular weight is 263 g/mol. The summed E-state index contributed by atoms with van der Waals surface area (Å²) in [6.07, 6.45) is 1.63. The summed E-state index contributed by atoms with van der Waals surface area (Å²) < 4.78 is 0. The second-order valence-corrected chi connectivity index (χ2v) is 5.35. The van der Waals surface area contributed by atoms with Gasteiger partial charge in [-0.15, -0.1) is 0 Å². The first-order valence-corrected chi connectivity index (χ1v) is 7.03. The fraction of sp³-hybridized carbons (Fsp3) is 0.562. The van der Waals surface area contributed by atoms with Crippen LogP contribution in [0.2, 0.25) is 0 Å². The predicted molar refractivity (Wildman–Crippen MR) is 78.3 cm³/mol. The molecule has 0 aliphatic heterocycles. The monoisotopic (exact) mass is 263 g/mol. The van der Waals surface area contributed by atoms with E-state index in [2.05, 4.69) is 6.92 Å². The van der Waals surface area contributed by atoms with Crippen LogP contribution < -0.4 is 0 Å². The van der Waals surface area contributed by atoms with Crippen molar-refractivity contribution in [1.82, 2.24) is 4.90 Å². The summed E-state index contributed by atoms with van der Waals surface area (Å²) >= 11 is 0. The molecule has 1 N–H and O–H groups in total. The Bertz CT molecular complexity index is 396. The normalized spacial score (nSPS) is 12.5. The van der Waals surface area contributed by atoms with Gasteiger partial charge in [0.15, 0.2) is 0 Å². The molecule has 0 fully saturated rings. The first-order chi connectivity index (χ1) is 8.95. The molecule has 0 saturated carbocycles. The Hall–Kier alpha value is -1.35. The van der Waals surface area contributed by atoms with Crippen molar-refractivity contribution < 1.29 is 9.90 Å². The number of amides is 1. The molecule has 1 amide bonds. The van der Waals surface area contributed by atoms with Gasteiger partial charge in [-0.25, -0.2) is 0 Å². The van der Waals surface area contributed by atoms with Crippen LogP contribution in [-0.4, -0.2) is 34.6 Å². The predicted octanol–water partition coefficient (Wildman–Crippen LogP) is 2.87. The van der Waals surface area contributed by atoms with E-state index < -0.39 is 6.10 Å². The van der Waals surface area contributed by atoms with Crippen LogP contribution in [0.3, 0.4) is 0 Å². The van der Waals surface area contributed by atoms with Crippen molar-refractivity contribution in [3.63, 3.8) is 0 Å². The smallest absolute Gasteiger partial charge is 0.254 e. The molecule has 3 nitrogen and oxygen atoms in total. The molecule has 0 aliphatic rings. The van der Waals surface area contributed by atoms with Gasteiger partial charge in [0.1, 0.15) is 0 Å². The van der Waals surface area contributed by atoms with Crippen molar-refractivity contribution in [1.29, 1.82) is 0 Å². The quantitative estimate of drug-likeness (QED) is 0.857. The molecule has 0 heterocycles. The highest BCUT2D eigenvalue weighted by Crippen LogP contribution is 2.12. The zero-order valence-electron chi connectivity index (χ0n) is 12.4. The Morgan fingerprint density at radius 2 is 1.79 bits per heavy atom. The standard InChI is InChI=1S/C16H25NO2/c1-5-6-14-7-9-15(10-8-14)16(19)17(12(2)3)11-13(4)18/h7-10,12-13,18H,5-6,11H2,1-4H3. The van der Waals surface area contributed by atoms with Crippen LogP contribution in [-0.2, 0) is 6.42 Å². The van der Waals surface area contributed by atoms with Gasteiger partial charge in [-0.2, -0.15) is 0 Å². The molecular formula is C16H25NO2. The molecule has 1 aromatic carbocycles. The second-order valence-electron chi connectivity index (χ2n) is 5.35. The summed E-state index contributed by atoms with van der Waals surface area (Å²) in [5.41, 5.74) is 1.94. The number of aryl methyl sites for hydroxylation is 1. The van der Waals surface area contributed by atoms with E-state index in [0.29, 0.717) is 12.1 Å². The third-order valence-corrected chi connectivity index (χ3v) is 3.08. The van der Waals surface area contributed by atoms with Gasteiger partial charge in [-0.3, -0.25) is 4.79 Å². The summed E-state index contributed by atoms with van der Waals surface area (Å²) in [6, 6.07) is 7.86. The lowest BCUT2D eigenvalue weighted by molar-refractivity contribution is 0.0579. The summed E-state index contributed by atoms with van der Waals surface area (Å²) in [7, 11) is 0. The van der Waals surface area contributed by atoms with Crippen LogP contribution in [0.4, 0.5) is 0 Å². The van der Waals surface area contributed by atoms with E-state index >= 15 is 0 Å². The van der Waals surface area contributed by atoms with E-state index in [1.54, 1.807) is 11.8 Å². The lowest BCUT2D eigenvalue weighted by Crippen LogP contribution is -2.41. The molecule has 19 heavy (non-hydrogen) atoms. The first kappa shape index (κ1) is 15.7. The van der Waals surface area contributed by atoms with Crippen molar-refractivity contribution in [2.24, 2.45) is 0 Å². The highest BCUT2D eigenvalue weighted by molar-refractivity contribution is 5.94. The fourth-order valence-electron chi connectivity index (χ4n) is 2.08. The number of aliphatic hydroxyl groups excluding tert-OH is 1. The summed E-state index contributed by atoms with van der Waals surface area (Å²) in [5, 5.41) is 9.49. The molecule has 0 radical (unpaired) electrons. The van der Waals surface area contributed by atoms with Gasteiger partial charge < -0.3 is 10.0 Å². The minimum absolute atomic E-state index is 0.0149. The lowest BCUT2D eigenvalue weighted by Gasteiger charge is -2.28. The van der Waals surface area contributed by atoms with E-state index in [0.717, 1.165) is 12.8 Å². The molecule has 3 heteroatoms. The van der Waals surface area contributed by atoms with Crippen molar-refractivity contribution in [2.45, 2.75) is 52.7 Å². The van der Waals surface area contributed by atoms with Gasteiger partial charge in [0, 0.05) is 18.2 Å². The Morgan fingerprint density at radius 3 is 2.21 bits per heavy atom. The Balaban J connectivity index is 2.84. The number of carbonyl (C=O) groups is 1. The molecule has 0 bridgehead atoms. The van der Waals surface area contributed by atoms with Crippen molar-refractivity contribution in [3.05, 3.63) is 35.4 Å². The number of benzene rings is 1. The van der Waals surface area contributed by atoms with Crippen LogP contribution in [0, 0.1) is 0 Å². The van der Waals surface area contributed by atoms with Gasteiger partial charge in [-0.1, -0.05) is 25.5 Å². The Kier molecular flexibility index (Phi) is 6.03. The third kappa shape index (κ3) is 4.67. The number of rotatable bonds is 6. The van der Waals surface area contributed by atoms with E-state index in [4.69, 9.17) is 0 Å². The van der Waals surface area contributed by atoms with Crippen LogP contribution in [0.25, 0.3) is 0 Å². The first-order valence-electron chi connectivity index (χ1n) is 7.03. The Morgan fingerprint density at radius 1 is 1.21 bits per heavy atom. The molecule has 1 atom stereocenters. The molecule has 0 saturated heterocycles.